The molecule has 156 valence electrons. The predicted octanol–water partition coefficient (Wildman–Crippen LogP) is 3.86. The van der Waals surface area contributed by atoms with Crippen LogP contribution in [0.3, 0.4) is 0 Å². The van der Waals surface area contributed by atoms with Gasteiger partial charge in [0.25, 0.3) is 5.69 Å². The van der Waals surface area contributed by atoms with Gasteiger partial charge in [0.1, 0.15) is 0 Å². The number of ether oxygens (including phenoxy) is 1. The molecule has 0 amide bonds. The Morgan fingerprint density at radius 2 is 1.90 bits per heavy atom. The molecule has 1 aromatic heterocycles. The zero-order valence-electron chi connectivity index (χ0n) is 17.1. The largest absolute Gasteiger partial charge is 0.481 e. The minimum atomic E-state index is -0.361. The van der Waals surface area contributed by atoms with E-state index >= 15 is 0 Å². The molecule has 1 N–H and O–H groups in total. The van der Waals surface area contributed by atoms with E-state index in [1.807, 2.05) is 18.2 Å². The van der Waals surface area contributed by atoms with Gasteiger partial charge in [-0.15, -0.1) is 0 Å². The number of piperazine rings is 1. The summed E-state index contributed by atoms with van der Waals surface area (Å²) in [7, 11) is 1.54. The third-order valence-electron chi connectivity index (χ3n) is 5.03. The molecule has 0 spiro atoms. The van der Waals surface area contributed by atoms with E-state index in [1.54, 1.807) is 30.4 Å². The first-order chi connectivity index (χ1) is 14.5. The topological polar surface area (TPSA) is 80.5 Å². The quantitative estimate of drug-likeness (QED) is 0.530. The summed E-state index contributed by atoms with van der Waals surface area (Å²) in [5, 5.41) is 14.9. The van der Waals surface area contributed by atoms with Crippen LogP contribution in [0.1, 0.15) is 27.9 Å². The monoisotopic (exact) mass is 406 g/mol. The highest BCUT2D eigenvalue weighted by atomic mass is 16.6. The lowest BCUT2D eigenvalue weighted by Crippen LogP contribution is -2.42. The fourth-order valence-corrected chi connectivity index (χ4v) is 3.46. The molecule has 0 radical (unpaired) electrons. The number of nitrogens with one attached hydrogen (secondary N) is 1. The van der Waals surface area contributed by atoms with Crippen molar-refractivity contribution in [3.05, 3.63) is 75.5 Å². The van der Waals surface area contributed by atoms with Crippen molar-refractivity contribution in [3.8, 4) is 5.88 Å². The number of benzene rings is 1. The maximum Gasteiger partial charge on any atom is 0.276 e. The van der Waals surface area contributed by atoms with Crippen LogP contribution in [0.25, 0.3) is 24.3 Å². The maximum atomic E-state index is 11.5. The number of nitrogens with zero attached hydrogens (tertiary/aromatic N) is 3. The summed E-state index contributed by atoms with van der Waals surface area (Å²) in [5.41, 5.74) is 3.84. The third kappa shape index (κ3) is 5.00. The Morgan fingerprint density at radius 3 is 2.53 bits per heavy atom. The van der Waals surface area contributed by atoms with Crippen LogP contribution in [-0.2, 0) is 6.54 Å². The molecule has 30 heavy (non-hydrogen) atoms. The number of nitro benzene ring substituents is 1. The van der Waals surface area contributed by atoms with Gasteiger partial charge in [-0.05, 0) is 35.9 Å². The zero-order valence-corrected chi connectivity index (χ0v) is 17.1. The standard InChI is InChI=1S/C23H26N4O3/c1-4-18-15-20(23(30-3)25-21(18)5-2)8-7-19-14-17(6-9-22(19)27(28)29)16-26-12-10-24-11-13-26/h4-9,14-15,24H,1-2,10-13,16H2,3H3/b8-7+. The normalized spacial score (nSPS) is 14.6. The fourth-order valence-electron chi connectivity index (χ4n) is 3.46. The SMILES string of the molecule is C=Cc1cc(/C=C/c2cc(CN3CCNCC3)ccc2[N+](=O)[O-])c(OC)nc1C=C. The molecular weight excluding hydrogens is 380 g/mol. The minimum absolute atomic E-state index is 0.0638. The van der Waals surface area contributed by atoms with Crippen LogP contribution in [0.5, 0.6) is 5.88 Å². The highest BCUT2D eigenvalue weighted by molar-refractivity contribution is 5.78. The summed E-state index contributed by atoms with van der Waals surface area (Å²) < 4.78 is 5.39. The second-order valence-electron chi connectivity index (χ2n) is 6.98. The van der Waals surface area contributed by atoms with Crippen LogP contribution in [0.4, 0.5) is 5.69 Å². The first-order valence-corrected chi connectivity index (χ1v) is 9.78. The summed E-state index contributed by atoms with van der Waals surface area (Å²) in [6.07, 6.45) is 6.84. The first kappa shape index (κ1) is 21.4. The smallest absolute Gasteiger partial charge is 0.276 e. The van der Waals surface area contributed by atoms with Gasteiger partial charge in [-0.1, -0.05) is 25.3 Å². The number of hydrogen-bond acceptors (Lipinski definition) is 6. The van der Waals surface area contributed by atoms with Gasteiger partial charge in [0.15, 0.2) is 0 Å². The number of aromatic nitrogens is 1. The maximum absolute atomic E-state index is 11.5. The van der Waals surface area contributed by atoms with E-state index in [9.17, 15) is 10.1 Å². The highest BCUT2D eigenvalue weighted by Crippen LogP contribution is 2.27. The van der Waals surface area contributed by atoms with Gasteiger partial charge in [-0.2, -0.15) is 0 Å². The van der Waals surface area contributed by atoms with Crippen LogP contribution in [0.15, 0.2) is 37.4 Å². The van der Waals surface area contributed by atoms with E-state index in [4.69, 9.17) is 4.74 Å². The number of methoxy groups -OCH3 is 1. The van der Waals surface area contributed by atoms with Crippen LogP contribution in [-0.4, -0.2) is 48.1 Å². The zero-order chi connectivity index (χ0) is 21.5. The van der Waals surface area contributed by atoms with Crippen molar-refractivity contribution in [2.45, 2.75) is 6.54 Å². The van der Waals surface area contributed by atoms with Crippen LogP contribution >= 0.6 is 0 Å². The van der Waals surface area contributed by atoms with Crippen molar-refractivity contribution in [1.82, 2.24) is 15.2 Å². The summed E-state index contributed by atoms with van der Waals surface area (Å²) in [5.74, 6) is 0.423. The molecule has 7 heteroatoms. The van der Waals surface area contributed by atoms with Crippen LogP contribution in [0.2, 0.25) is 0 Å². The Kier molecular flexibility index (Phi) is 7.11. The Bertz CT molecular complexity index is 979. The number of nitro groups is 1. The molecule has 0 aliphatic carbocycles. The van der Waals surface area contributed by atoms with Crippen molar-refractivity contribution < 1.29 is 9.66 Å². The number of rotatable bonds is 8. The molecular formula is C23H26N4O3. The van der Waals surface area contributed by atoms with E-state index in [2.05, 4.69) is 28.4 Å². The van der Waals surface area contributed by atoms with Crippen LogP contribution < -0.4 is 10.1 Å². The summed E-state index contributed by atoms with van der Waals surface area (Å²) in [6, 6.07) is 7.16. The molecule has 1 saturated heterocycles. The van der Waals surface area contributed by atoms with Gasteiger partial charge in [-0.25, -0.2) is 4.98 Å². The molecule has 1 aliphatic heterocycles. The lowest BCUT2D eigenvalue weighted by Gasteiger charge is -2.27. The first-order valence-electron chi connectivity index (χ1n) is 9.78. The highest BCUT2D eigenvalue weighted by Gasteiger charge is 2.15. The molecule has 1 fully saturated rings. The van der Waals surface area contributed by atoms with Crippen molar-refractivity contribution in [1.29, 1.82) is 0 Å². The Hall–Kier alpha value is -3.29. The van der Waals surface area contributed by atoms with Gasteiger partial charge in [0, 0.05) is 49.9 Å². The second kappa shape index (κ2) is 9.96. The molecule has 2 aromatic rings. The number of hydrogen-bond donors (Lipinski definition) is 1. The van der Waals surface area contributed by atoms with Gasteiger partial charge in [-0.3, -0.25) is 15.0 Å². The summed E-state index contributed by atoms with van der Waals surface area (Å²) >= 11 is 0. The fraction of sp³-hybridized carbons (Fsp3) is 0.261. The molecule has 0 bridgehead atoms. The van der Waals surface area contributed by atoms with E-state index in [1.165, 1.54) is 7.11 Å². The van der Waals surface area contributed by atoms with Crippen molar-refractivity contribution in [3.63, 3.8) is 0 Å². The van der Waals surface area contributed by atoms with Gasteiger partial charge < -0.3 is 10.1 Å². The average Bonchev–Trinajstić information content (AvgIpc) is 2.77. The lowest BCUT2D eigenvalue weighted by molar-refractivity contribution is -0.385. The summed E-state index contributed by atoms with van der Waals surface area (Å²) in [4.78, 5) is 17.9. The van der Waals surface area contributed by atoms with Gasteiger partial charge in [0.2, 0.25) is 5.88 Å². The van der Waals surface area contributed by atoms with E-state index < -0.39 is 0 Å². The summed E-state index contributed by atoms with van der Waals surface area (Å²) in [6.45, 7) is 12.2. The molecule has 2 heterocycles. The molecule has 3 rings (SSSR count). The molecule has 7 nitrogen and oxygen atoms in total. The van der Waals surface area contributed by atoms with E-state index in [0.717, 1.165) is 43.9 Å². The predicted molar refractivity (Wildman–Crippen MR) is 121 cm³/mol. The van der Waals surface area contributed by atoms with Crippen LogP contribution in [0, 0.1) is 10.1 Å². The van der Waals surface area contributed by atoms with Crippen molar-refractivity contribution in [2.24, 2.45) is 0 Å². The van der Waals surface area contributed by atoms with Crippen molar-refractivity contribution in [2.75, 3.05) is 33.3 Å². The minimum Gasteiger partial charge on any atom is -0.481 e. The van der Waals surface area contributed by atoms with Gasteiger partial charge >= 0.3 is 0 Å². The molecule has 0 atom stereocenters. The van der Waals surface area contributed by atoms with E-state index in [0.29, 0.717) is 22.7 Å². The van der Waals surface area contributed by atoms with Gasteiger partial charge in [0.05, 0.1) is 23.3 Å². The molecule has 0 unspecified atom stereocenters. The lowest BCUT2D eigenvalue weighted by atomic mass is 10.0. The molecule has 1 aliphatic rings. The number of pyridine rings is 1. The average molecular weight is 406 g/mol. The molecule has 0 saturated carbocycles. The Balaban J connectivity index is 1.94. The molecule has 1 aromatic carbocycles. The third-order valence-corrected chi connectivity index (χ3v) is 5.03. The van der Waals surface area contributed by atoms with E-state index in [-0.39, 0.29) is 10.6 Å². The Labute approximate surface area is 176 Å². The second-order valence-corrected chi connectivity index (χ2v) is 6.98. The Morgan fingerprint density at radius 1 is 1.17 bits per heavy atom. The van der Waals surface area contributed by atoms with Crippen molar-refractivity contribution >= 4 is 30.0 Å².